The fraction of sp³-hybridized carbons (Fsp3) is 0.333. The Hall–Kier alpha value is -1.74. The zero-order chi connectivity index (χ0) is 13.0. The Morgan fingerprint density at radius 1 is 1.22 bits per heavy atom. The van der Waals surface area contributed by atoms with Crippen LogP contribution in [0.25, 0.3) is 11.3 Å². The van der Waals surface area contributed by atoms with E-state index < -0.39 is 0 Å². The second-order valence-corrected chi connectivity index (χ2v) is 4.23. The van der Waals surface area contributed by atoms with Gasteiger partial charge in [-0.1, -0.05) is 6.92 Å². The van der Waals surface area contributed by atoms with Crippen LogP contribution >= 0.6 is 0 Å². The molecule has 0 saturated carbocycles. The van der Waals surface area contributed by atoms with E-state index in [0.29, 0.717) is 0 Å². The maximum atomic E-state index is 5.82. The lowest BCUT2D eigenvalue weighted by atomic mass is 10.1. The molecule has 1 aromatic heterocycles. The van der Waals surface area contributed by atoms with E-state index in [1.54, 1.807) is 7.11 Å². The first-order chi connectivity index (χ1) is 8.74. The van der Waals surface area contributed by atoms with Crippen LogP contribution in [0.1, 0.15) is 18.2 Å². The number of nitrogens with one attached hydrogen (secondary N) is 1. The minimum atomic E-state index is 0.770. The van der Waals surface area contributed by atoms with Crippen molar-refractivity contribution in [2.75, 3.05) is 13.7 Å². The van der Waals surface area contributed by atoms with Gasteiger partial charge in [-0.05, 0) is 49.4 Å². The summed E-state index contributed by atoms with van der Waals surface area (Å²) < 4.78 is 11.0. The van der Waals surface area contributed by atoms with Crippen molar-refractivity contribution in [3.8, 4) is 17.1 Å². The van der Waals surface area contributed by atoms with Crippen LogP contribution in [0.4, 0.5) is 0 Å². The maximum absolute atomic E-state index is 5.82. The van der Waals surface area contributed by atoms with Crippen LogP contribution in [0.2, 0.25) is 0 Å². The van der Waals surface area contributed by atoms with Gasteiger partial charge in [-0.15, -0.1) is 0 Å². The lowest BCUT2D eigenvalue weighted by Crippen LogP contribution is -2.10. The van der Waals surface area contributed by atoms with E-state index in [1.807, 2.05) is 30.3 Å². The van der Waals surface area contributed by atoms with Crippen molar-refractivity contribution >= 4 is 0 Å². The number of methoxy groups -OCH3 is 1. The number of ether oxygens (including phenoxy) is 1. The summed E-state index contributed by atoms with van der Waals surface area (Å²) in [5, 5.41) is 3.25. The number of hydrogen-bond donors (Lipinski definition) is 1. The van der Waals surface area contributed by atoms with E-state index in [0.717, 1.165) is 41.5 Å². The summed E-state index contributed by atoms with van der Waals surface area (Å²) in [7, 11) is 1.68. The molecule has 0 atom stereocenters. The highest BCUT2D eigenvalue weighted by atomic mass is 16.5. The maximum Gasteiger partial charge on any atom is 0.134 e. The highest BCUT2D eigenvalue weighted by molar-refractivity contribution is 5.63. The Balaban J connectivity index is 2.23. The number of rotatable bonds is 5. The molecule has 1 N–H and O–H groups in total. The summed E-state index contributed by atoms with van der Waals surface area (Å²) in [4.78, 5) is 0. The van der Waals surface area contributed by atoms with Crippen molar-refractivity contribution in [1.82, 2.24) is 5.32 Å². The first-order valence-electron chi connectivity index (χ1n) is 6.19. The van der Waals surface area contributed by atoms with E-state index in [1.165, 1.54) is 0 Å². The van der Waals surface area contributed by atoms with Gasteiger partial charge < -0.3 is 14.5 Å². The smallest absolute Gasteiger partial charge is 0.134 e. The van der Waals surface area contributed by atoms with Gasteiger partial charge in [0, 0.05) is 5.56 Å². The molecule has 18 heavy (non-hydrogen) atoms. The summed E-state index contributed by atoms with van der Waals surface area (Å²) in [6, 6.07) is 10.0. The number of furan rings is 1. The van der Waals surface area contributed by atoms with E-state index >= 15 is 0 Å². The molecule has 0 spiro atoms. The lowest BCUT2D eigenvalue weighted by Gasteiger charge is -2.05. The number of hydrogen-bond acceptors (Lipinski definition) is 3. The normalized spacial score (nSPS) is 10.6. The monoisotopic (exact) mass is 245 g/mol. The summed E-state index contributed by atoms with van der Waals surface area (Å²) >= 11 is 0. The number of benzene rings is 1. The van der Waals surface area contributed by atoms with Gasteiger partial charge >= 0.3 is 0 Å². The Labute approximate surface area is 108 Å². The van der Waals surface area contributed by atoms with Crippen LogP contribution < -0.4 is 10.1 Å². The van der Waals surface area contributed by atoms with Gasteiger partial charge in [-0.25, -0.2) is 0 Å². The zero-order valence-corrected chi connectivity index (χ0v) is 11.1. The second kappa shape index (κ2) is 5.74. The van der Waals surface area contributed by atoms with Crippen LogP contribution in [0, 0.1) is 6.92 Å². The first kappa shape index (κ1) is 12.7. The highest BCUT2D eigenvalue weighted by Crippen LogP contribution is 2.28. The molecule has 0 amide bonds. The van der Waals surface area contributed by atoms with Crippen molar-refractivity contribution in [2.24, 2.45) is 0 Å². The largest absolute Gasteiger partial charge is 0.497 e. The highest BCUT2D eigenvalue weighted by Gasteiger charge is 2.08. The lowest BCUT2D eigenvalue weighted by molar-refractivity contribution is 0.414. The van der Waals surface area contributed by atoms with Crippen LogP contribution in [0.3, 0.4) is 0 Å². The minimum absolute atomic E-state index is 0.770. The molecule has 0 bridgehead atoms. The molecule has 2 rings (SSSR count). The van der Waals surface area contributed by atoms with E-state index in [4.69, 9.17) is 9.15 Å². The fourth-order valence-corrected chi connectivity index (χ4v) is 1.91. The molecule has 1 heterocycles. The van der Waals surface area contributed by atoms with Gasteiger partial charge in [-0.2, -0.15) is 0 Å². The van der Waals surface area contributed by atoms with Gasteiger partial charge in [0.2, 0.25) is 0 Å². The molecule has 0 radical (unpaired) electrons. The van der Waals surface area contributed by atoms with Gasteiger partial charge in [0.25, 0.3) is 0 Å². The first-order valence-corrected chi connectivity index (χ1v) is 6.19. The van der Waals surface area contributed by atoms with Crippen molar-refractivity contribution in [2.45, 2.75) is 20.4 Å². The third kappa shape index (κ3) is 2.74. The molecule has 3 nitrogen and oxygen atoms in total. The van der Waals surface area contributed by atoms with E-state index in [-0.39, 0.29) is 0 Å². The molecule has 0 fully saturated rings. The average molecular weight is 245 g/mol. The van der Waals surface area contributed by atoms with Crippen molar-refractivity contribution in [3.05, 3.63) is 41.7 Å². The van der Waals surface area contributed by atoms with Gasteiger partial charge in [0.15, 0.2) is 0 Å². The van der Waals surface area contributed by atoms with Crippen molar-refractivity contribution in [3.63, 3.8) is 0 Å². The third-order valence-electron chi connectivity index (χ3n) is 2.91. The van der Waals surface area contributed by atoms with Gasteiger partial charge in [-0.3, -0.25) is 0 Å². The zero-order valence-electron chi connectivity index (χ0n) is 11.1. The standard InChI is InChI=1S/C15H19NO2/c1-4-16-10-13-6-8-15(18-13)14-7-5-12(17-3)9-11(14)2/h5-9,16H,4,10H2,1-3H3. The molecule has 0 unspecified atom stereocenters. The van der Waals surface area contributed by atoms with Crippen molar-refractivity contribution in [1.29, 1.82) is 0 Å². The Bertz CT molecular complexity index is 517. The molecule has 0 aliphatic carbocycles. The van der Waals surface area contributed by atoms with Crippen LogP contribution in [0.15, 0.2) is 34.7 Å². The molecule has 96 valence electrons. The third-order valence-corrected chi connectivity index (χ3v) is 2.91. The second-order valence-electron chi connectivity index (χ2n) is 4.23. The number of aryl methyl sites for hydroxylation is 1. The average Bonchev–Trinajstić information content (AvgIpc) is 2.84. The van der Waals surface area contributed by atoms with E-state index in [2.05, 4.69) is 19.2 Å². The molecule has 1 aromatic carbocycles. The van der Waals surface area contributed by atoms with E-state index in [9.17, 15) is 0 Å². The Kier molecular flexibility index (Phi) is 4.05. The SMILES string of the molecule is CCNCc1ccc(-c2ccc(OC)cc2C)o1. The molecule has 3 heteroatoms. The predicted molar refractivity (Wildman–Crippen MR) is 72.8 cm³/mol. The van der Waals surface area contributed by atoms with Crippen molar-refractivity contribution < 1.29 is 9.15 Å². The minimum Gasteiger partial charge on any atom is -0.497 e. The van der Waals surface area contributed by atoms with Crippen LogP contribution in [0.5, 0.6) is 5.75 Å². The summed E-state index contributed by atoms with van der Waals surface area (Å²) in [6.07, 6.45) is 0. The fourth-order valence-electron chi connectivity index (χ4n) is 1.91. The molecular weight excluding hydrogens is 226 g/mol. The quantitative estimate of drug-likeness (QED) is 0.877. The van der Waals surface area contributed by atoms with Crippen LogP contribution in [-0.4, -0.2) is 13.7 Å². The summed E-state index contributed by atoms with van der Waals surface area (Å²) in [6.45, 7) is 5.85. The van der Waals surface area contributed by atoms with Gasteiger partial charge in [0.1, 0.15) is 17.3 Å². The molecule has 0 aliphatic heterocycles. The molecule has 0 saturated heterocycles. The van der Waals surface area contributed by atoms with Crippen LogP contribution in [-0.2, 0) is 6.54 Å². The Morgan fingerprint density at radius 3 is 2.72 bits per heavy atom. The predicted octanol–water partition coefficient (Wildman–Crippen LogP) is 3.37. The summed E-state index contributed by atoms with van der Waals surface area (Å²) in [5.74, 6) is 2.74. The molecular formula is C15H19NO2. The van der Waals surface area contributed by atoms with Gasteiger partial charge in [0.05, 0.1) is 13.7 Å². The molecule has 2 aromatic rings. The summed E-state index contributed by atoms with van der Waals surface area (Å²) in [5.41, 5.74) is 2.26. The Morgan fingerprint density at radius 2 is 2.06 bits per heavy atom. The molecule has 0 aliphatic rings. The topological polar surface area (TPSA) is 34.4 Å².